The molecule has 4 aromatic heterocycles. The summed E-state index contributed by atoms with van der Waals surface area (Å²) in [5.74, 6) is -0.215. The van der Waals surface area contributed by atoms with Crippen LogP contribution in [0.2, 0.25) is 0 Å². The molecule has 136 valence electrons. The average Bonchev–Trinajstić information content (AvgIpc) is 3.04. The molecule has 0 atom stereocenters. The molecule has 0 bridgehead atoms. The first kappa shape index (κ1) is 16.0. The van der Waals surface area contributed by atoms with Crippen molar-refractivity contribution in [2.45, 2.75) is 25.8 Å². The fourth-order valence-electron chi connectivity index (χ4n) is 2.89. The molecule has 0 spiro atoms. The average molecular weight is 380 g/mol. The van der Waals surface area contributed by atoms with Crippen LogP contribution in [0.4, 0.5) is 0 Å². The largest absolute Gasteiger partial charge is 0.493 e. The summed E-state index contributed by atoms with van der Waals surface area (Å²) in [5.41, 5.74) is 2.04. The lowest BCUT2D eigenvalue weighted by atomic mass is 10.3. The van der Waals surface area contributed by atoms with E-state index in [-0.39, 0.29) is 11.6 Å². The van der Waals surface area contributed by atoms with Gasteiger partial charge >= 0.3 is 5.69 Å². The smallest absolute Gasteiger partial charge is 0.326 e. The maximum atomic E-state index is 11.4. The third kappa shape index (κ3) is 2.95. The van der Waals surface area contributed by atoms with E-state index in [9.17, 15) is 9.90 Å². The molecule has 0 amide bonds. The van der Waals surface area contributed by atoms with E-state index in [1.54, 1.807) is 28.1 Å². The van der Waals surface area contributed by atoms with Gasteiger partial charge in [0.05, 0.1) is 22.8 Å². The van der Waals surface area contributed by atoms with Crippen LogP contribution in [0.15, 0.2) is 34.2 Å². The van der Waals surface area contributed by atoms with Crippen molar-refractivity contribution in [3.63, 3.8) is 0 Å². The number of imidazole rings is 1. The summed E-state index contributed by atoms with van der Waals surface area (Å²) in [7, 11) is 0. The fraction of sp³-hybridized carbons (Fsp3) is 0.222. The lowest BCUT2D eigenvalue weighted by Crippen LogP contribution is -2.19. The number of rotatable bonds is 3. The minimum Gasteiger partial charge on any atom is -0.493 e. The molecule has 0 aromatic carbocycles. The van der Waals surface area contributed by atoms with Gasteiger partial charge in [-0.15, -0.1) is 11.3 Å². The zero-order valence-corrected chi connectivity index (χ0v) is 15.2. The summed E-state index contributed by atoms with van der Waals surface area (Å²) in [6.45, 7) is 2.06. The minimum atomic E-state index is -0.470. The Bertz CT molecular complexity index is 1340. The van der Waals surface area contributed by atoms with Gasteiger partial charge in [-0.3, -0.25) is 9.98 Å². The zero-order valence-electron chi connectivity index (χ0n) is 14.4. The van der Waals surface area contributed by atoms with Crippen LogP contribution in [0.1, 0.15) is 23.4 Å². The van der Waals surface area contributed by atoms with Gasteiger partial charge < -0.3 is 10.1 Å². The fourth-order valence-corrected chi connectivity index (χ4v) is 3.72. The molecule has 9 heteroatoms. The quantitative estimate of drug-likeness (QED) is 0.494. The summed E-state index contributed by atoms with van der Waals surface area (Å²) in [6, 6.07) is 6.42. The van der Waals surface area contributed by atoms with Gasteiger partial charge in [0.1, 0.15) is 5.69 Å². The third-order valence-corrected chi connectivity index (χ3v) is 5.39. The van der Waals surface area contributed by atoms with Crippen LogP contribution >= 0.6 is 11.3 Å². The molecule has 3 N–H and O–H groups in total. The molecule has 8 nitrogen and oxygen atoms in total. The second-order valence-corrected chi connectivity index (χ2v) is 7.88. The molecule has 1 fully saturated rings. The number of hydrogen-bond acceptors (Lipinski definition) is 6. The number of H-pyrrole nitrogens is 2. The van der Waals surface area contributed by atoms with E-state index < -0.39 is 5.69 Å². The molecule has 0 radical (unpaired) electrons. The van der Waals surface area contributed by atoms with Gasteiger partial charge in [-0.05, 0) is 38.0 Å². The Morgan fingerprint density at radius 1 is 1.37 bits per heavy atom. The molecule has 1 aliphatic rings. The van der Waals surface area contributed by atoms with Crippen molar-refractivity contribution in [3.8, 4) is 16.5 Å². The summed E-state index contributed by atoms with van der Waals surface area (Å²) >= 11 is 1.67. The van der Waals surface area contributed by atoms with Crippen molar-refractivity contribution >= 4 is 23.1 Å². The maximum Gasteiger partial charge on any atom is 0.326 e. The summed E-state index contributed by atoms with van der Waals surface area (Å²) in [4.78, 5) is 28.1. The highest BCUT2D eigenvalue weighted by molar-refractivity contribution is 7.15. The van der Waals surface area contributed by atoms with Crippen LogP contribution in [0.5, 0.6) is 5.88 Å². The second-order valence-electron chi connectivity index (χ2n) is 6.59. The summed E-state index contributed by atoms with van der Waals surface area (Å²) < 4.78 is 1.70. The van der Waals surface area contributed by atoms with E-state index in [0.717, 1.165) is 28.9 Å². The Kier molecular flexibility index (Phi) is 3.51. The van der Waals surface area contributed by atoms with Crippen molar-refractivity contribution in [2.24, 2.45) is 4.99 Å². The van der Waals surface area contributed by atoms with Crippen molar-refractivity contribution in [1.29, 1.82) is 0 Å². The predicted molar refractivity (Wildman–Crippen MR) is 101 cm³/mol. The van der Waals surface area contributed by atoms with Crippen LogP contribution in [0, 0.1) is 6.92 Å². The molecule has 0 aliphatic heterocycles. The number of aromatic amines is 2. The van der Waals surface area contributed by atoms with E-state index >= 15 is 0 Å². The Morgan fingerprint density at radius 3 is 2.89 bits per heavy atom. The van der Waals surface area contributed by atoms with Crippen LogP contribution in [-0.2, 0) is 0 Å². The second kappa shape index (κ2) is 5.92. The van der Waals surface area contributed by atoms with Crippen LogP contribution in [0.25, 0.3) is 22.3 Å². The number of fused-ring (bicyclic) bond motifs is 1. The number of thiophene rings is 1. The van der Waals surface area contributed by atoms with Gasteiger partial charge in [-0.25, -0.2) is 9.78 Å². The first-order valence-electron chi connectivity index (χ1n) is 8.59. The predicted octanol–water partition coefficient (Wildman–Crippen LogP) is 1.10. The molecule has 1 aliphatic carbocycles. The molecular weight excluding hydrogens is 364 g/mol. The number of nitrogens with zero attached hydrogens (tertiary/aromatic N) is 4. The van der Waals surface area contributed by atoms with E-state index in [0.29, 0.717) is 16.9 Å². The number of hydrogen-bond donors (Lipinski definition) is 3. The molecule has 4 aromatic rings. The standard InChI is InChI=1S/C18H16N6O2S/c1-9-2-5-14(27-9)12-7-15(20-11-3-4-11)24-16(21-12)10(8-19-24)6-13-17(25)23-18(26)22-13/h2,5-8,11,25H,3-4H2,1H3,(H2,22,23,26)/b10-6-,20-15?. The Balaban J connectivity index is 1.79. The van der Waals surface area contributed by atoms with Crippen molar-refractivity contribution in [3.05, 3.63) is 56.2 Å². The molecule has 0 saturated heterocycles. The minimum absolute atomic E-state index is 0.215. The number of aromatic hydroxyl groups is 1. The van der Waals surface area contributed by atoms with Crippen molar-refractivity contribution in [2.75, 3.05) is 0 Å². The Hall–Kier alpha value is -3.20. The van der Waals surface area contributed by atoms with Gasteiger partial charge in [0, 0.05) is 16.2 Å². The van der Waals surface area contributed by atoms with Gasteiger partial charge in [0.15, 0.2) is 11.1 Å². The Labute approximate surface area is 156 Å². The lowest BCUT2D eigenvalue weighted by Gasteiger charge is -2.00. The highest BCUT2D eigenvalue weighted by atomic mass is 32.1. The molecular formula is C18H16N6O2S. The molecule has 1 saturated carbocycles. The van der Waals surface area contributed by atoms with E-state index in [1.165, 1.54) is 4.88 Å². The van der Waals surface area contributed by atoms with E-state index in [2.05, 4.69) is 34.1 Å². The maximum absolute atomic E-state index is 11.4. The first-order chi connectivity index (χ1) is 13.1. The van der Waals surface area contributed by atoms with Gasteiger partial charge in [-0.2, -0.15) is 9.61 Å². The molecule has 4 heterocycles. The van der Waals surface area contributed by atoms with Crippen molar-refractivity contribution < 1.29 is 5.11 Å². The number of aromatic nitrogens is 5. The van der Waals surface area contributed by atoms with Crippen molar-refractivity contribution in [1.82, 2.24) is 24.6 Å². The van der Waals surface area contributed by atoms with Gasteiger partial charge in [0.2, 0.25) is 5.88 Å². The SMILES string of the molecule is Cc1ccc(-c2cc(=NC3CC3)n3nc/c(=C/c4[nH]c(=O)[nH]c4O)c3n2)s1. The summed E-state index contributed by atoms with van der Waals surface area (Å²) in [6.07, 6.45) is 5.49. The molecule has 0 unspecified atom stereocenters. The van der Waals surface area contributed by atoms with Gasteiger partial charge in [-0.1, -0.05) is 0 Å². The lowest BCUT2D eigenvalue weighted by molar-refractivity contribution is 0.454. The van der Waals surface area contributed by atoms with Crippen LogP contribution < -0.4 is 16.4 Å². The molecule has 5 rings (SSSR count). The van der Waals surface area contributed by atoms with E-state index in [1.807, 2.05) is 6.07 Å². The van der Waals surface area contributed by atoms with Crippen LogP contribution in [0.3, 0.4) is 0 Å². The molecule has 27 heavy (non-hydrogen) atoms. The topological polar surface area (TPSA) is 111 Å². The van der Waals surface area contributed by atoms with Gasteiger partial charge in [0.25, 0.3) is 0 Å². The highest BCUT2D eigenvalue weighted by Gasteiger charge is 2.20. The van der Waals surface area contributed by atoms with E-state index in [4.69, 9.17) is 9.98 Å². The number of aryl methyl sites for hydroxylation is 1. The highest BCUT2D eigenvalue weighted by Crippen LogP contribution is 2.26. The van der Waals surface area contributed by atoms with Crippen LogP contribution in [-0.4, -0.2) is 35.7 Å². The number of nitrogens with one attached hydrogen (secondary N) is 2. The third-order valence-electron chi connectivity index (χ3n) is 4.37. The normalized spacial score (nSPS) is 15.9. The summed E-state index contributed by atoms with van der Waals surface area (Å²) in [5, 5.41) is 14.9. The Morgan fingerprint density at radius 2 is 2.22 bits per heavy atom. The first-order valence-corrected chi connectivity index (χ1v) is 9.41. The zero-order chi connectivity index (χ0) is 18.5. The monoisotopic (exact) mass is 380 g/mol.